The maximum Gasteiger partial charge on any atom is 0.354 e. The van der Waals surface area contributed by atoms with Crippen molar-refractivity contribution >= 4 is 49.2 Å². The van der Waals surface area contributed by atoms with Crippen molar-refractivity contribution in [1.29, 1.82) is 0 Å². The summed E-state index contributed by atoms with van der Waals surface area (Å²) in [4.78, 5) is 13.6. The molecule has 9 heteroatoms. The average Bonchev–Trinajstić information content (AvgIpc) is 2.73. The number of H-pyrrole nitrogens is 1. The Morgan fingerprint density at radius 3 is 2.62 bits per heavy atom. The van der Waals surface area contributed by atoms with Crippen molar-refractivity contribution in [1.82, 2.24) is 4.98 Å². The second-order valence-corrected chi connectivity index (χ2v) is 7.17. The van der Waals surface area contributed by atoms with E-state index in [0.717, 1.165) is 0 Å². The highest BCUT2D eigenvalue weighted by Gasteiger charge is 2.21. The van der Waals surface area contributed by atoms with E-state index < -0.39 is 16.0 Å². The molecule has 0 aliphatic carbocycles. The van der Waals surface area contributed by atoms with E-state index in [1.165, 1.54) is 24.3 Å². The average molecular weight is 394 g/mol. The number of benzene rings is 1. The van der Waals surface area contributed by atoms with E-state index in [0.29, 0.717) is 15.2 Å². The van der Waals surface area contributed by atoms with E-state index in [9.17, 15) is 13.2 Å². The van der Waals surface area contributed by atoms with E-state index in [1.807, 2.05) is 0 Å². The van der Waals surface area contributed by atoms with Crippen molar-refractivity contribution in [2.24, 2.45) is 0 Å². The van der Waals surface area contributed by atoms with E-state index >= 15 is 0 Å². The van der Waals surface area contributed by atoms with Crippen LogP contribution < -0.4 is 4.72 Å². The molecule has 2 rings (SSSR count). The number of anilines is 1. The first-order valence-corrected chi connectivity index (χ1v) is 8.27. The third-order valence-corrected chi connectivity index (χ3v) is 5.19. The monoisotopic (exact) mass is 392 g/mol. The van der Waals surface area contributed by atoms with Crippen molar-refractivity contribution in [2.75, 3.05) is 4.72 Å². The summed E-state index contributed by atoms with van der Waals surface area (Å²) in [6.45, 7) is 1.63. The highest BCUT2D eigenvalue weighted by molar-refractivity contribution is 9.10. The van der Waals surface area contributed by atoms with Crippen molar-refractivity contribution in [2.45, 2.75) is 11.8 Å². The highest BCUT2D eigenvalue weighted by atomic mass is 79.9. The standard InChI is InChI=1S/C12H10BrClN2O4S/c1-6-4-10(11(15-6)12(17)18)16-21(19,20)7-2-3-9(14)8(13)5-7/h2-5,15-16H,1H3,(H,17,18). The van der Waals surface area contributed by atoms with Crippen molar-refractivity contribution in [3.05, 3.63) is 45.1 Å². The molecule has 21 heavy (non-hydrogen) atoms. The zero-order valence-corrected chi connectivity index (χ0v) is 13.8. The van der Waals surface area contributed by atoms with Crippen LogP contribution >= 0.6 is 27.5 Å². The normalized spacial score (nSPS) is 11.4. The number of aromatic carboxylic acids is 1. The quantitative estimate of drug-likeness (QED) is 0.742. The molecule has 0 radical (unpaired) electrons. The number of carboxylic acid groups (broad SMARTS) is 1. The lowest BCUT2D eigenvalue weighted by Crippen LogP contribution is -2.15. The molecule has 1 heterocycles. The Bertz CT molecular complexity index is 817. The van der Waals surface area contributed by atoms with Gasteiger partial charge in [0.15, 0.2) is 0 Å². The molecule has 0 unspecified atom stereocenters. The maximum absolute atomic E-state index is 12.3. The van der Waals surface area contributed by atoms with Crippen LogP contribution in [-0.4, -0.2) is 24.5 Å². The Morgan fingerprint density at radius 1 is 1.38 bits per heavy atom. The number of halogens is 2. The minimum Gasteiger partial charge on any atom is -0.477 e. The van der Waals surface area contributed by atoms with Gasteiger partial charge in [-0.15, -0.1) is 0 Å². The van der Waals surface area contributed by atoms with Gasteiger partial charge in [0.1, 0.15) is 5.69 Å². The zero-order chi connectivity index (χ0) is 15.8. The maximum atomic E-state index is 12.3. The Kier molecular flexibility index (Phi) is 4.31. The minimum absolute atomic E-state index is 0.0222. The van der Waals surface area contributed by atoms with Gasteiger partial charge in [0, 0.05) is 10.2 Å². The number of aryl methyl sites for hydroxylation is 1. The van der Waals surface area contributed by atoms with Gasteiger partial charge in [0.05, 0.1) is 15.6 Å². The van der Waals surface area contributed by atoms with Gasteiger partial charge >= 0.3 is 5.97 Å². The van der Waals surface area contributed by atoms with Crippen molar-refractivity contribution in [3.8, 4) is 0 Å². The first-order chi connectivity index (χ1) is 9.70. The van der Waals surface area contributed by atoms with Crippen LogP contribution in [0.3, 0.4) is 0 Å². The van der Waals surface area contributed by atoms with E-state index in [2.05, 4.69) is 25.6 Å². The minimum atomic E-state index is -3.92. The lowest BCUT2D eigenvalue weighted by Gasteiger charge is -2.08. The number of hydrogen-bond donors (Lipinski definition) is 3. The molecule has 0 fully saturated rings. The molecule has 3 N–H and O–H groups in total. The molecular weight excluding hydrogens is 384 g/mol. The van der Waals surface area contributed by atoms with Gasteiger partial charge in [0.2, 0.25) is 0 Å². The zero-order valence-electron chi connectivity index (χ0n) is 10.6. The fraction of sp³-hybridized carbons (Fsp3) is 0.0833. The Labute approximate surface area is 134 Å². The molecule has 0 atom stereocenters. The van der Waals surface area contributed by atoms with Crippen LogP contribution in [0.5, 0.6) is 0 Å². The van der Waals surface area contributed by atoms with Gasteiger partial charge in [0.25, 0.3) is 10.0 Å². The van der Waals surface area contributed by atoms with Crippen molar-refractivity contribution < 1.29 is 18.3 Å². The third-order valence-electron chi connectivity index (χ3n) is 2.61. The third kappa shape index (κ3) is 3.39. The molecule has 0 saturated heterocycles. The number of nitrogens with one attached hydrogen (secondary N) is 2. The number of aromatic amines is 1. The topological polar surface area (TPSA) is 99.3 Å². The van der Waals surface area contributed by atoms with Crippen molar-refractivity contribution in [3.63, 3.8) is 0 Å². The molecule has 2 aromatic rings. The summed E-state index contributed by atoms with van der Waals surface area (Å²) in [7, 11) is -3.92. The highest BCUT2D eigenvalue weighted by Crippen LogP contribution is 2.27. The van der Waals surface area contributed by atoms with E-state index in [1.54, 1.807) is 6.92 Å². The van der Waals surface area contributed by atoms with Crippen LogP contribution in [0.15, 0.2) is 33.6 Å². The number of rotatable bonds is 4. The molecular formula is C12H10BrClN2O4S. The number of carboxylic acids is 1. The summed E-state index contributed by atoms with van der Waals surface area (Å²) in [6.07, 6.45) is 0. The predicted octanol–water partition coefficient (Wildman–Crippen LogP) is 3.24. The SMILES string of the molecule is Cc1cc(NS(=O)(=O)c2ccc(Cl)c(Br)c2)c(C(=O)O)[nH]1. The first-order valence-electron chi connectivity index (χ1n) is 5.61. The van der Waals surface area contributed by atoms with Crippen LogP contribution in [0.25, 0.3) is 0 Å². The summed E-state index contributed by atoms with van der Waals surface area (Å²) < 4.78 is 27.2. The number of aromatic nitrogens is 1. The van der Waals surface area contributed by atoms with E-state index in [-0.39, 0.29) is 16.3 Å². The lowest BCUT2D eigenvalue weighted by molar-refractivity contribution is 0.0692. The van der Waals surface area contributed by atoms with Gasteiger partial charge in [-0.3, -0.25) is 4.72 Å². The Morgan fingerprint density at radius 2 is 2.05 bits per heavy atom. The molecule has 0 saturated carbocycles. The van der Waals surface area contributed by atoms with E-state index in [4.69, 9.17) is 16.7 Å². The summed E-state index contributed by atoms with van der Waals surface area (Å²) in [5.74, 6) is -1.25. The van der Waals surface area contributed by atoms with Crippen LogP contribution in [0.4, 0.5) is 5.69 Å². The fourth-order valence-electron chi connectivity index (χ4n) is 1.69. The lowest BCUT2D eigenvalue weighted by atomic mass is 10.4. The molecule has 0 bridgehead atoms. The number of sulfonamides is 1. The molecule has 0 aliphatic rings. The summed E-state index contributed by atoms with van der Waals surface area (Å²) in [6, 6.07) is 5.51. The Balaban J connectivity index is 2.42. The molecule has 0 aliphatic heterocycles. The smallest absolute Gasteiger partial charge is 0.354 e. The van der Waals surface area contributed by atoms with Crippen LogP contribution in [0.1, 0.15) is 16.2 Å². The largest absolute Gasteiger partial charge is 0.477 e. The Hall–Kier alpha value is -1.51. The fourth-order valence-corrected chi connectivity index (χ4v) is 3.42. The summed E-state index contributed by atoms with van der Waals surface area (Å²) >= 11 is 8.96. The molecule has 0 spiro atoms. The summed E-state index contributed by atoms with van der Waals surface area (Å²) in [5.41, 5.74) is 0.289. The second kappa shape index (κ2) is 5.70. The van der Waals surface area contributed by atoms with Crippen LogP contribution in [-0.2, 0) is 10.0 Å². The van der Waals surface area contributed by atoms with Gasteiger partial charge in [-0.05, 0) is 47.1 Å². The van der Waals surface area contributed by atoms with Gasteiger partial charge in [-0.25, -0.2) is 13.2 Å². The first kappa shape index (κ1) is 15.9. The molecule has 1 aromatic carbocycles. The molecule has 6 nitrogen and oxygen atoms in total. The van der Waals surface area contributed by atoms with Crippen LogP contribution in [0.2, 0.25) is 5.02 Å². The molecule has 0 amide bonds. The van der Waals surface area contributed by atoms with Gasteiger partial charge in [-0.1, -0.05) is 11.6 Å². The second-order valence-electron chi connectivity index (χ2n) is 4.23. The summed E-state index contributed by atoms with van der Waals surface area (Å²) in [5, 5.41) is 9.41. The molecule has 112 valence electrons. The van der Waals surface area contributed by atoms with Gasteiger partial charge in [-0.2, -0.15) is 0 Å². The van der Waals surface area contributed by atoms with Crippen LogP contribution in [0, 0.1) is 6.92 Å². The van der Waals surface area contributed by atoms with Gasteiger partial charge < -0.3 is 10.1 Å². The number of hydrogen-bond acceptors (Lipinski definition) is 3. The number of carbonyl (C=O) groups is 1. The predicted molar refractivity (Wildman–Crippen MR) is 82.4 cm³/mol. The molecule has 1 aromatic heterocycles.